The molecule has 0 radical (unpaired) electrons. The Balaban J connectivity index is 1.80. The first-order valence-corrected chi connectivity index (χ1v) is 6.75. The van der Waals surface area contributed by atoms with E-state index in [2.05, 4.69) is 36.3 Å². The van der Waals surface area contributed by atoms with Gasteiger partial charge in [-0.3, -0.25) is 0 Å². The van der Waals surface area contributed by atoms with E-state index in [4.69, 9.17) is 4.74 Å². The number of piperidine rings is 1. The Bertz CT molecular complexity index is 363. The number of hydrogen-bond donors (Lipinski definition) is 1. The lowest BCUT2D eigenvalue weighted by Gasteiger charge is -2.35. The summed E-state index contributed by atoms with van der Waals surface area (Å²) >= 11 is 0. The van der Waals surface area contributed by atoms with Crippen molar-refractivity contribution in [2.75, 3.05) is 20.7 Å². The van der Waals surface area contributed by atoms with Crippen molar-refractivity contribution >= 4 is 0 Å². The predicted octanol–water partition coefficient (Wildman–Crippen LogP) is 2.27. The number of nitrogens with zero attached hydrogens (tertiary/aromatic N) is 1. The van der Waals surface area contributed by atoms with Crippen molar-refractivity contribution in [2.24, 2.45) is 0 Å². The highest BCUT2D eigenvalue weighted by Crippen LogP contribution is 2.16. The van der Waals surface area contributed by atoms with Gasteiger partial charge in [0.2, 0.25) is 0 Å². The fraction of sp³-hybridized carbons (Fsp3) is 0.600. The molecular weight excluding hydrogens is 224 g/mol. The van der Waals surface area contributed by atoms with E-state index in [9.17, 15) is 0 Å². The lowest BCUT2D eigenvalue weighted by molar-refractivity contribution is 0.168. The van der Waals surface area contributed by atoms with Gasteiger partial charge in [-0.2, -0.15) is 0 Å². The van der Waals surface area contributed by atoms with Gasteiger partial charge in [-0.25, -0.2) is 0 Å². The van der Waals surface area contributed by atoms with E-state index in [-0.39, 0.29) is 0 Å². The van der Waals surface area contributed by atoms with Gasteiger partial charge in [0.15, 0.2) is 0 Å². The van der Waals surface area contributed by atoms with Gasteiger partial charge in [-0.15, -0.1) is 0 Å². The van der Waals surface area contributed by atoms with Crippen molar-refractivity contribution in [1.82, 2.24) is 10.2 Å². The summed E-state index contributed by atoms with van der Waals surface area (Å²) in [7, 11) is 3.91. The quantitative estimate of drug-likeness (QED) is 0.884. The van der Waals surface area contributed by atoms with Gasteiger partial charge in [-0.1, -0.05) is 12.1 Å². The fourth-order valence-corrected chi connectivity index (χ4v) is 2.48. The topological polar surface area (TPSA) is 24.5 Å². The molecule has 2 rings (SSSR count). The van der Waals surface area contributed by atoms with Gasteiger partial charge in [0.05, 0.1) is 7.11 Å². The first-order valence-electron chi connectivity index (χ1n) is 6.75. The van der Waals surface area contributed by atoms with Crippen LogP contribution in [-0.4, -0.2) is 37.7 Å². The normalized spacial score (nSPS) is 25.1. The number of rotatable bonds is 4. The second-order valence-corrected chi connectivity index (χ2v) is 5.28. The molecule has 18 heavy (non-hydrogen) atoms. The maximum atomic E-state index is 5.16. The van der Waals surface area contributed by atoms with Gasteiger partial charge in [0.1, 0.15) is 5.75 Å². The van der Waals surface area contributed by atoms with Crippen LogP contribution in [-0.2, 0) is 6.54 Å². The summed E-state index contributed by atoms with van der Waals surface area (Å²) in [6.07, 6.45) is 2.49. The first kappa shape index (κ1) is 13.4. The van der Waals surface area contributed by atoms with Crippen molar-refractivity contribution < 1.29 is 4.74 Å². The van der Waals surface area contributed by atoms with Crippen molar-refractivity contribution in [1.29, 1.82) is 0 Å². The Hall–Kier alpha value is -1.06. The average Bonchev–Trinajstić information content (AvgIpc) is 2.41. The Kier molecular flexibility index (Phi) is 4.61. The van der Waals surface area contributed by atoms with E-state index in [0.29, 0.717) is 12.1 Å². The van der Waals surface area contributed by atoms with Gasteiger partial charge < -0.3 is 15.0 Å². The van der Waals surface area contributed by atoms with Crippen LogP contribution in [0.1, 0.15) is 25.3 Å². The summed E-state index contributed by atoms with van der Waals surface area (Å²) in [5, 5.41) is 3.66. The molecule has 2 atom stereocenters. The molecule has 1 heterocycles. The number of hydrogen-bond acceptors (Lipinski definition) is 3. The number of benzene rings is 1. The molecule has 1 fully saturated rings. The SMILES string of the molecule is COc1ccc(CNC2CCN(C)C(C)C2)cc1. The van der Waals surface area contributed by atoms with Crippen LogP contribution in [0.25, 0.3) is 0 Å². The molecule has 1 saturated heterocycles. The molecular formula is C15H24N2O. The Morgan fingerprint density at radius 1 is 1.33 bits per heavy atom. The van der Waals surface area contributed by atoms with Gasteiger partial charge in [0, 0.05) is 18.6 Å². The van der Waals surface area contributed by atoms with Gasteiger partial charge in [-0.05, 0) is 51.1 Å². The molecule has 100 valence electrons. The Morgan fingerprint density at radius 2 is 2.06 bits per heavy atom. The van der Waals surface area contributed by atoms with Crippen molar-refractivity contribution in [3.8, 4) is 5.75 Å². The van der Waals surface area contributed by atoms with Crippen LogP contribution in [0.5, 0.6) is 5.75 Å². The number of ether oxygens (including phenoxy) is 1. The van der Waals surface area contributed by atoms with Crippen LogP contribution in [0.3, 0.4) is 0 Å². The zero-order chi connectivity index (χ0) is 13.0. The highest BCUT2D eigenvalue weighted by Gasteiger charge is 2.21. The molecule has 3 heteroatoms. The van der Waals surface area contributed by atoms with Crippen molar-refractivity contribution in [2.45, 2.75) is 38.4 Å². The maximum absolute atomic E-state index is 5.16. The third-order valence-electron chi connectivity index (χ3n) is 3.96. The molecule has 0 spiro atoms. The van der Waals surface area contributed by atoms with E-state index >= 15 is 0 Å². The van der Waals surface area contributed by atoms with Crippen molar-refractivity contribution in [3.63, 3.8) is 0 Å². The minimum Gasteiger partial charge on any atom is -0.497 e. The van der Waals surface area contributed by atoms with Crippen LogP contribution in [0.2, 0.25) is 0 Å². The molecule has 0 bridgehead atoms. The summed E-state index contributed by atoms with van der Waals surface area (Å²) in [6, 6.07) is 9.64. The second-order valence-electron chi connectivity index (χ2n) is 5.28. The predicted molar refractivity (Wildman–Crippen MR) is 74.9 cm³/mol. The minimum atomic E-state index is 0.651. The van der Waals surface area contributed by atoms with Crippen LogP contribution >= 0.6 is 0 Å². The monoisotopic (exact) mass is 248 g/mol. The standard InChI is InChI=1S/C15H24N2O/c1-12-10-14(8-9-17(12)2)16-11-13-4-6-15(18-3)7-5-13/h4-7,12,14,16H,8-11H2,1-3H3. The van der Waals surface area contributed by atoms with Crippen LogP contribution in [0, 0.1) is 0 Å². The zero-order valence-electron chi connectivity index (χ0n) is 11.6. The second kappa shape index (κ2) is 6.21. The molecule has 0 aliphatic carbocycles. The molecule has 2 unspecified atom stereocenters. The van der Waals surface area contributed by atoms with E-state index < -0.39 is 0 Å². The molecule has 1 aromatic rings. The molecule has 1 aromatic carbocycles. The minimum absolute atomic E-state index is 0.651. The highest BCUT2D eigenvalue weighted by atomic mass is 16.5. The lowest BCUT2D eigenvalue weighted by Crippen LogP contribution is -2.45. The first-order chi connectivity index (χ1) is 8.69. The Morgan fingerprint density at radius 3 is 2.67 bits per heavy atom. The molecule has 1 aliphatic rings. The summed E-state index contributed by atoms with van der Waals surface area (Å²) < 4.78 is 5.16. The average molecular weight is 248 g/mol. The number of nitrogens with one attached hydrogen (secondary N) is 1. The molecule has 1 aliphatic heterocycles. The number of methoxy groups -OCH3 is 1. The number of likely N-dealkylation sites (tertiary alicyclic amines) is 1. The summed E-state index contributed by atoms with van der Waals surface area (Å²) in [4.78, 5) is 2.44. The fourth-order valence-electron chi connectivity index (χ4n) is 2.48. The molecule has 0 amide bonds. The van der Waals surface area contributed by atoms with Gasteiger partial charge >= 0.3 is 0 Å². The third kappa shape index (κ3) is 3.47. The van der Waals surface area contributed by atoms with Gasteiger partial charge in [0.25, 0.3) is 0 Å². The molecule has 1 N–H and O–H groups in total. The molecule has 0 aromatic heterocycles. The van der Waals surface area contributed by atoms with Crippen LogP contribution in [0.4, 0.5) is 0 Å². The highest BCUT2D eigenvalue weighted by molar-refractivity contribution is 5.27. The third-order valence-corrected chi connectivity index (χ3v) is 3.96. The zero-order valence-corrected chi connectivity index (χ0v) is 11.6. The van der Waals surface area contributed by atoms with Crippen LogP contribution in [0.15, 0.2) is 24.3 Å². The Labute approximate surface area is 110 Å². The van der Waals surface area contributed by atoms with E-state index in [1.807, 2.05) is 12.1 Å². The van der Waals surface area contributed by atoms with Crippen molar-refractivity contribution in [3.05, 3.63) is 29.8 Å². The largest absolute Gasteiger partial charge is 0.497 e. The van der Waals surface area contributed by atoms with Crippen LogP contribution < -0.4 is 10.1 Å². The lowest BCUT2D eigenvalue weighted by atomic mass is 9.99. The molecule has 3 nitrogen and oxygen atoms in total. The summed E-state index contributed by atoms with van der Waals surface area (Å²) in [5.74, 6) is 0.923. The van der Waals surface area contributed by atoms with E-state index in [1.54, 1.807) is 7.11 Å². The molecule has 0 saturated carbocycles. The van der Waals surface area contributed by atoms with E-state index in [0.717, 1.165) is 12.3 Å². The maximum Gasteiger partial charge on any atom is 0.118 e. The smallest absolute Gasteiger partial charge is 0.118 e. The summed E-state index contributed by atoms with van der Waals surface area (Å²) in [5.41, 5.74) is 1.32. The van der Waals surface area contributed by atoms with E-state index in [1.165, 1.54) is 24.9 Å². The summed E-state index contributed by atoms with van der Waals surface area (Å²) in [6.45, 7) is 4.45.